The van der Waals surface area contributed by atoms with Crippen molar-refractivity contribution in [1.29, 1.82) is 0 Å². The van der Waals surface area contributed by atoms with E-state index in [1.54, 1.807) is 17.6 Å². The molecule has 1 N–H and O–H groups in total. The van der Waals surface area contributed by atoms with Crippen molar-refractivity contribution in [3.63, 3.8) is 0 Å². The molecule has 0 aliphatic carbocycles. The molecule has 0 aliphatic heterocycles. The molecule has 0 bridgehead atoms. The van der Waals surface area contributed by atoms with E-state index < -0.39 is 0 Å². The standard InChI is InChI=1S/C13H19N3OS/c1-10(13-14-6-8-18-13)15-9-11(16(2)3)12-5-4-7-17-12/h4-8,10-11,15H,9H2,1-3H3. The zero-order valence-corrected chi connectivity index (χ0v) is 11.8. The average Bonchev–Trinajstić information content (AvgIpc) is 3.01. The summed E-state index contributed by atoms with van der Waals surface area (Å²) in [6.07, 6.45) is 3.56. The fourth-order valence-electron chi connectivity index (χ4n) is 1.84. The molecule has 0 aromatic carbocycles. The van der Waals surface area contributed by atoms with Gasteiger partial charge in [0, 0.05) is 18.1 Å². The van der Waals surface area contributed by atoms with Crippen LogP contribution >= 0.6 is 11.3 Å². The van der Waals surface area contributed by atoms with E-state index in [-0.39, 0.29) is 12.1 Å². The predicted octanol–water partition coefficient (Wildman–Crippen LogP) is 2.69. The molecular weight excluding hydrogens is 246 g/mol. The SMILES string of the molecule is CC(NCC(c1ccco1)N(C)C)c1nccs1. The maximum Gasteiger partial charge on any atom is 0.122 e. The van der Waals surface area contributed by atoms with Crippen molar-refractivity contribution in [2.75, 3.05) is 20.6 Å². The van der Waals surface area contributed by atoms with Crippen LogP contribution in [-0.2, 0) is 0 Å². The molecule has 0 fully saturated rings. The van der Waals surface area contributed by atoms with Gasteiger partial charge < -0.3 is 9.73 Å². The Balaban J connectivity index is 1.94. The number of nitrogens with zero attached hydrogens (tertiary/aromatic N) is 2. The van der Waals surface area contributed by atoms with Crippen molar-refractivity contribution in [3.05, 3.63) is 40.7 Å². The van der Waals surface area contributed by atoms with E-state index in [2.05, 4.69) is 36.2 Å². The second kappa shape index (κ2) is 6.13. The summed E-state index contributed by atoms with van der Waals surface area (Å²) in [5.74, 6) is 0.985. The largest absolute Gasteiger partial charge is 0.468 e. The summed E-state index contributed by atoms with van der Waals surface area (Å²) >= 11 is 1.68. The molecule has 0 saturated heterocycles. The molecule has 2 atom stereocenters. The van der Waals surface area contributed by atoms with Crippen LogP contribution in [0.1, 0.15) is 29.8 Å². The third-order valence-corrected chi connectivity index (χ3v) is 3.89. The lowest BCUT2D eigenvalue weighted by atomic mass is 10.2. The molecule has 0 saturated carbocycles. The topological polar surface area (TPSA) is 41.3 Å². The van der Waals surface area contributed by atoms with Gasteiger partial charge in [0.15, 0.2) is 0 Å². The molecule has 5 heteroatoms. The van der Waals surface area contributed by atoms with Crippen LogP contribution in [0.5, 0.6) is 0 Å². The van der Waals surface area contributed by atoms with Gasteiger partial charge in [-0.05, 0) is 33.2 Å². The molecular formula is C13H19N3OS. The highest BCUT2D eigenvalue weighted by molar-refractivity contribution is 7.09. The second-order valence-corrected chi connectivity index (χ2v) is 5.42. The van der Waals surface area contributed by atoms with Crippen LogP contribution in [0.25, 0.3) is 0 Å². The maximum absolute atomic E-state index is 5.49. The number of likely N-dealkylation sites (N-methyl/N-ethyl adjacent to an activating group) is 1. The molecule has 18 heavy (non-hydrogen) atoms. The van der Waals surface area contributed by atoms with Gasteiger partial charge in [-0.1, -0.05) is 0 Å². The third kappa shape index (κ3) is 3.19. The van der Waals surface area contributed by atoms with E-state index in [4.69, 9.17) is 4.42 Å². The molecule has 2 aromatic rings. The number of hydrogen-bond donors (Lipinski definition) is 1. The zero-order valence-electron chi connectivity index (χ0n) is 11.0. The molecule has 98 valence electrons. The fourth-order valence-corrected chi connectivity index (χ4v) is 2.51. The van der Waals surface area contributed by atoms with E-state index in [9.17, 15) is 0 Å². The van der Waals surface area contributed by atoms with Crippen LogP contribution in [0, 0.1) is 0 Å². The van der Waals surface area contributed by atoms with Gasteiger partial charge in [-0.3, -0.25) is 4.90 Å². The number of thiazole rings is 1. The number of hydrogen-bond acceptors (Lipinski definition) is 5. The van der Waals surface area contributed by atoms with E-state index in [0.29, 0.717) is 0 Å². The van der Waals surface area contributed by atoms with Crippen LogP contribution in [0.2, 0.25) is 0 Å². The van der Waals surface area contributed by atoms with Crippen LogP contribution in [-0.4, -0.2) is 30.5 Å². The van der Waals surface area contributed by atoms with E-state index >= 15 is 0 Å². The van der Waals surface area contributed by atoms with Gasteiger partial charge in [0.05, 0.1) is 18.3 Å². The molecule has 0 amide bonds. The highest BCUT2D eigenvalue weighted by Crippen LogP contribution is 2.20. The first-order chi connectivity index (χ1) is 8.68. The molecule has 0 aliphatic rings. The van der Waals surface area contributed by atoms with E-state index in [1.165, 1.54) is 0 Å². The van der Waals surface area contributed by atoms with Crippen molar-refractivity contribution in [2.24, 2.45) is 0 Å². The highest BCUT2D eigenvalue weighted by Gasteiger charge is 2.18. The Kier molecular flexibility index (Phi) is 4.52. The molecule has 0 radical (unpaired) electrons. The number of furan rings is 1. The first-order valence-electron chi connectivity index (χ1n) is 6.01. The molecule has 4 nitrogen and oxygen atoms in total. The summed E-state index contributed by atoms with van der Waals surface area (Å²) < 4.78 is 5.49. The molecule has 2 aromatic heterocycles. The van der Waals surface area contributed by atoms with Gasteiger partial charge in [0.25, 0.3) is 0 Å². The van der Waals surface area contributed by atoms with Crippen molar-refractivity contribution >= 4 is 11.3 Å². The summed E-state index contributed by atoms with van der Waals surface area (Å²) in [4.78, 5) is 6.47. The van der Waals surface area contributed by atoms with Crippen LogP contribution < -0.4 is 5.32 Å². The minimum atomic E-state index is 0.238. The van der Waals surface area contributed by atoms with Crippen molar-refractivity contribution < 1.29 is 4.42 Å². The summed E-state index contributed by atoms with van der Waals surface area (Å²) in [6.45, 7) is 2.97. The van der Waals surface area contributed by atoms with Gasteiger partial charge in [0.2, 0.25) is 0 Å². The van der Waals surface area contributed by atoms with Gasteiger partial charge >= 0.3 is 0 Å². The lowest BCUT2D eigenvalue weighted by Gasteiger charge is -2.24. The fraction of sp³-hybridized carbons (Fsp3) is 0.462. The molecule has 2 heterocycles. The number of nitrogens with one attached hydrogen (secondary N) is 1. The summed E-state index contributed by atoms with van der Waals surface area (Å²) in [6, 6.07) is 4.45. The Bertz CT molecular complexity index is 439. The lowest BCUT2D eigenvalue weighted by molar-refractivity contribution is 0.245. The van der Waals surface area contributed by atoms with Crippen molar-refractivity contribution in [2.45, 2.75) is 19.0 Å². The van der Waals surface area contributed by atoms with Gasteiger partial charge in [-0.25, -0.2) is 4.98 Å². The number of rotatable bonds is 6. The average molecular weight is 265 g/mol. The van der Waals surface area contributed by atoms with Crippen molar-refractivity contribution in [3.8, 4) is 0 Å². The Labute approximate surface area is 112 Å². The highest BCUT2D eigenvalue weighted by atomic mass is 32.1. The minimum absolute atomic E-state index is 0.238. The quantitative estimate of drug-likeness (QED) is 0.872. The molecule has 2 rings (SSSR count). The molecule has 2 unspecified atom stereocenters. The Hall–Kier alpha value is -1.17. The normalized spacial score (nSPS) is 14.9. The summed E-state index contributed by atoms with van der Waals surface area (Å²) in [5, 5.41) is 6.62. The monoisotopic (exact) mass is 265 g/mol. The predicted molar refractivity (Wildman–Crippen MR) is 73.7 cm³/mol. The second-order valence-electron chi connectivity index (χ2n) is 4.50. The first-order valence-corrected chi connectivity index (χ1v) is 6.89. The number of aromatic nitrogens is 1. The minimum Gasteiger partial charge on any atom is -0.468 e. The first kappa shape index (κ1) is 13.3. The smallest absolute Gasteiger partial charge is 0.122 e. The lowest BCUT2D eigenvalue weighted by Crippen LogP contribution is -2.32. The summed E-state index contributed by atoms with van der Waals surface area (Å²) in [7, 11) is 4.12. The van der Waals surface area contributed by atoms with Gasteiger partial charge in [-0.2, -0.15) is 0 Å². The van der Waals surface area contributed by atoms with E-state index in [0.717, 1.165) is 17.3 Å². The van der Waals surface area contributed by atoms with Crippen LogP contribution in [0.3, 0.4) is 0 Å². The van der Waals surface area contributed by atoms with Crippen LogP contribution in [0.15, 0.2) is 34.4 Å². The Morgan fingerprint density at radius 3 is 2.89 bits per heavy atom. The van der Waals surface area contributed by atoms with Crippen LogP contribution in [0.4, 0.5) is 0 Å². The van der Waals surface area contributed by atoms with Gasteiger partial charge in [-0.15, -0.1) is 11.3 Å². The third-order valence-electron chi connectivity index (χ3n) is 2.93. The van der Waals surface area contributed by atoms with Gasteiger partial charge in [0.1, 0.15) is 10.8 Å². The maximum atomic E-state index is 5.49. The summed E-state index contributed by atoms with van der Waals surface area (Å²) in [5.41, 5.74) is 0. The Morgan fingerprint density at radius 1 is 1.50 bits per heavy atom. The molecule has 0 spiro atoms. The van der Waals surface area contributed by atoms with Crippen molar-refractivity contribution in [1.82, 2.24) is 15.2 Å². The zero-order chi connectivity index (χ0) is 13.0. The van der Waals surface area contributed by atoms with E-state index in [1.807, 2.05) is 23.7 Å². The Morgan fingerprint density at radius 2 is 2.33 bits per heavy atom.